The second kappa shape index (κ2) is 7.36. The molecule has 0 aliphatic heterocycles. The molecule has 2 aromatic rings. The van der Waals surface area contributed by atoms with Crippen LogP contribution in [0.3, 0.4) is 0 Å². The Morgan fingerprint density at radius 3 is 2.87 bits per heavy atom. The van der Waals surface area contributed by atoms with Gasteiger partial charge in [0.25, 0.3) is 5.91 Å². The van der Waals surface area contributed by atoms with Crippen LogP contribution in [0, 0.1) is 5.82 Å². The fourth-order valence-electron chi connectivity index (χ4n) is 1.77. The number of hydrogen-bond acceptors (Lipinski definition) is 3. The van der Waals surface area contributed by atoms with Gasteiger partial charge in [0.15, 0.2) is 6.61 Å². The van der Waals surface area contributed by atoms with Crippen molar-refractivity contribution in [1.82, 2.24) is 14.5 Å². The van der Waals surface area contributed by atoms with Crippen LogP contribution in [0.15, 0.2) is 30.6 Å². The van der Waals surface area contributed by atoms with Gasteiger partial charge in [-0.3, -0.25) is 9.36 Å². The molecule has 0 aliphatic rings. The number of carbonyl (C=O) groups excluding carboxylic acids is 1. The fourth-order valence-corrected chi connectivity index (χ4v) is 1.94. The molecule has 124 valence electrons. The van der Waals surface area contributed by atoms with E-state index in [2.05, 4.69) is 4.98 Å². The number of amides is 1. The molecule has 0 radical (unpaired) electrons. The van der Waals surface area contributed by atoms with Crippen LogP contribution in [0.4, 0.5) is 13.2 Å². The number of rotatable bonds is 6. The van der Waals surface area contributed by atoms with Crippen LogP contribution in [-0.4, -0.2) is 34.0 Å². The van der Waals surface area contributed by atoms with Crippen LogP contribution in [0.25, 0.3) is 0 Å². The monoisotopic (exact) mass is 347 g/mol. The summed E-state index contributed by atoms with van der Waals surface area (Å²) in [5.41, 5.74) is 0. The van der Waals surface area contributed by atoms with E-state index in [0.717, 1.165) is 12.3 Å². The number of alkyl halides is 2. The molecule has 0 N–H and O–H groups in total. The number of imidazole rings is 1. The number of likely N-dealkylation sites (N-methyl/N-ethyl adjacent to an activating group) is 1. The number of benzene rings is 1. The first-order chi connectivity index (χ1) is 10.9. The lowest BCUT2D eigenvalue weighted by atomic mass is 10.3. The Morgan fingerprint density at radius 2 is 2.22 bits per heavy atom. The summed E-state index contributed by atoms with van der Waals surface area (Å²) in [5, 5.41) is -0.123. The first-order valence-corrected chi connectivity index (χ1v) is 6.88. The van der Waals surface area contributed by atoms with Gasteiger partial charge < -0.3 is 9.64 Å². The van der Waals surface area contributed by atoms with Gasteiger partial charge in [0.05, 0.1) is 11.6 Å². The maximum Gasteiger partial charge on any atom is 0.319 e. The van der Waals surface area contributed by atoms with Crippen LogP contribution in [0.2, 0.25) is 5.02 Å². The quantitative estimate of drug-likeness (QED) is 0.806. The zero-order valence-corrected chi connectivity index (χ0v) is 12.8. The summed E-state index contributed by atoms with van der Waals surface area (Å²) in [6.45, 7) is -3.16. The molecule has 0 saturated carbocycles. The third-order valence-corrected chi connectivity index (χ3v) is 3.31. The van der Waals surface area contributed by atoms with E-state index in [1.165, 1.54) is 30.3 Å². The molecule has 0 saturated heterocycles. The van der Waals surface area contributed by atoms with Crippen LogP contribution >= 0.6 is 11.6 Å². The fraction of sp³-hybridized carbons (Fsp3) is 0.286. The maximum atomic E-state index is 13.0. The molecule has 2 rings (SSSR count). The van der Waals surface area contributed by atoms with Gasteiger partial charge in [-0.2, -0.15) is 8.78 Å². The first kappa shape index (κ1) is 17.1. The average molecular weight is 348 g/mol. The number of nitrogens with zero attached hydrogens (tertiary/aromatic N) is 3. The van der Waals surface area contributed by atoms with Gasteiger partial charge in [0.2, 0.25) is 0 Å². The van der Waals surface area contributed by atoms with E-state index in [4.69, 9.17) is 16.3 Å². The molecule has 1 aromatic heterocycles. The number of ether oxygens (including phenoxy) is 1. The molecule has 0 spiro atoms. The Balaban J connectivity index is 1.92. The van der Waals surface area contributed by atoms with E-state index in [0.29, 0.717) is 4.57 Å². The Kier molecular flexibility index (Phi) is 5.49. The second-order valence-electron chi connectivity index (χ2n) is 4.64. The molecule has 1 heterocycles. The number of halogens is 4. The number of hydrogen-bond donors (Lipinski definition) is 0. The molecule has 1 amide bonds. The highest BCUT2D eigenvalue weighted by Gasteiger charge is 2.16. The average Bonchev–Trinajstić information content (AvgIpc) is 2.96. The van der Waals surface area contributed by atoms with Crippen LogP contribution < -0.4 is 4.74 Å². The summed E-state index contributed by atoms with van der Waals surface area (Å²) in [6, 6.07) is 3.69. The zero-order valence-electron chi connectivity index (χ0n) is 12.0. The predicted molar refractivity (Wildman–Crippen MR) is 76.9 cm³/mol. The first-order valence-electron chi connectivity index (χ1n) is 6.50. The molecule has 0 aliphatic carbocycles. The van der Waals surface area contributed by atoms with Crippen molar-refractivity contribution in [3.63, 3.8) is 0 Å². The minimum absolute atomic E-state index is 0.0562. The van der Waals surface area contributed by atoms with Crippen LogP contribution in [-0.2, 0) is 11.3 Å². The summed E-state index contributed by atoms with van der Waals surface area (Å²) in [4.78, 5) is 16.9. The summed E-state index contributed by atoms with van der Waals surface area (Å²) in [6.07, 6.45) is 2.37. The zero-order chi connectivity index (χ0) is 17.0. The molecule has 0 bridgehead atoms. The van der Waals surface area contributed by atoms with Crippen molar-refractivity contribution in [2.24, 2.45) is 0 Å². The SMILES string of the molecule is CN(Cc1nccn1C(F)F)C(=O)COc1ccc(F)c(Cl)c1. The highest BCUT2D eigenvalue weighted by atomic mass is 35.5. The van der Waals surface area contributed by atoms with Gasteiger partial charge in [-0.05, 0) is 12.1 Å². The lowest BCUT2D eigenvalue weighted by Crippen LogP contribution is -2.32. The van der Waals surface area contributed by atoms with E-state index in [-0.39, 0.29) is 29.7 Å². The largest absolute Gasteiger partial charge is 0.484 e. The molecule has 0 fully saturated rings. The van der Waals surface area contributed by atoms with Crippen molar-refractivity contribution in [3.05, 3.63) is 47.3 Å². The summed E-state index contributed by atoms with van der Waals surface area (Å²) < 4.78 is 44.3. The molecule has 0 unspecified atom stereocenters. The van der Waals surface area contributed by atoms with Gasteiger partial charge in [-0.1, -0.05) is 11.6 Å². The van der Waals surface area contributed by atoms with E-state index in [1.54, 1.807) is 0 Å². The third kappa shape index (κ3) is 4.38. The van der Waals surface area contributed by atoms with Crippen molar-refractivity contribution in [3.8, 4) is 5.75 Å². The second-order valence-corrected chi connectivity index (χ2v) is 5.05. The highest BCUT2D eigenvalue weighted by molar-refractivity contribution is 6.30. The summed E-state index contributed by atoms with van der Waals surface area (Å²) >= 11 is 5.60. The molecule has 1 aromatic carbocycles. The summed E-state index contributed by atoms with van der Waals surface area (Å²) in [5.74, 6) is -0.761. The van der Waals surface area contributed by atoms with E-state index in [1.807, 2.05) is 0 Å². The highest BCUT2D eigenvalue weighted by Crippen LogP contribution is 2.21. The lowest BCUT2D eigenvalue weighted by Gasteiger charge is -2.18. The Hall–Kier alpha value is -2.22. The minimum Gasteiger partial charge on any atom is -0.484 e. The van der Waals surface area contributed by atoms with Crippen molar-refractivity contribution >= 4 is 17.5 Å². The summed E-state index contributed by atoms with van der Waals surface area (Å²) in [7, 11) is 1.44. The molecule has 23 heavy (non-hydrogen) atoms. The van der Waals surface area contributed by atoms with Crippen molar-refractivity contribution in [1.29, 1.82) is 0 Å². The smallest absolute Gasteiger partial charge is 0.319 e. The molecular formula is C14H13ClF3N3O2. The van der Waals surface area contributed by atoms with Gasteiger partial charge in [-0.15, -0.1) is 0 Å². The van der Waals surface area contributed by atoms with E-state index < -0.39 is 18.3 Å². The minimum atomic E-state index is -2.73. The van der Waals surface area contributed by atoms with Crippen LogP contribution in [0.1, 0.15) is 12.4 Å². The van der Waals surface area contributed by atoms with E-state index >= 15 is 0 Å². The standard InChI is InChI=1S/C14H13ClF3N3O2/c1-20(7-12-19-4-5-21(12)14(17)18)13(22)8-23-9-2-3-11(16)10(15)6-9/h2-6,14H,7-8H2,1H3. The number of carbonyl (C=O) groups is 1. The van der Waals surface area contributed by atoms with E-state index in [9.17, 15) is 18.0 Å². The molecule has 5 nitrogen and oxygen atoms in total. The topological polar surface area (TPSA) is 47.4 Å². The third-order valence-electron chi connectivity index (χ3n) is 3.02. The van der Waals surface area contributed by atoms with Crippen molar-refractivity contribution < 1.29 is 22.7 Å². The Labute approximate surface area is 135 Å². The van der Waals surface area contributed by atoms with Gasteiger partial charge in [0, 0.05) is 25.5 Å². The lowest BCUT2D eigenvalue weighted by molar-refractivity contribution is -0.132. The van der Waals surface area contributed by atoms with Crippen molar-refractivity contribution in [2.45, 2.75) is 13.1 Å². The molecular weight excluding hydrogens is 335 g/mol. The normalized spacial score (nSPS) is 10.9. The van der Waals surface area contributed by atoms with Gasteiger partial charge in [0.1, 0.15) is 17.4 Å². The van der Waals surface area contributed by atoms with Gasteiger partial charge in [-0.25, -0.2) is 9.37 Å². The van der Waals surface area contributed by atoms with Gasteiger partial charge >= 0.3 is 6.55 Å². The maximum absolute atomic E-state index is 13.0. The molecule has 9 heteroatoms. The Morgan fingerprint density at radius 1 is 1.48 bits per heavy atom. The molecule has 0 atom stereocenters. The Bertz CT molecular complexity index is 694. The number of aromatic nitrogens is 2. The predicted octanol–water partition coefficient (Wildman–Crippen LogP) is 3.11. The van der Waals surface area contributed by atoms with Crippen LogP contribution in [0.5, 0.6) is 5.75 Å². The van der Waals surface area contributed by atoms with Crippen molar-refractivity contribution in [2.75, 3.05) is 13.7 Å².